The molecule has 2 atom stereocenters. The lowest BCUT2D eigenvalue weighted by molar-refractivity contribution is -0.123. The number of hydrogen-bond acceptors (Lipinski definition) is 3. The number of hydrogen-bond donors (Lipinski definition) is 2. The van der Waals surface area contributed by atoms with E-state index in [0.29, 0.717) is 5.02 Å². The molecule has 19 heavy (non-hydrogen) atoms. The molecule has 1 aliphatic carbocycles. The van der Waals surface area contributed by atoms with E-state index in [4.69, 9.17) is 17.3 Å². The van der Waals surface area contributed by atoms with E-state index in [0.717, 1.165) is 25.7 Å². The van der Waals surface area contributed by atoms with Gasteiger partial charge in [-0.15, -0.1) is 0 Å². The Morgan fingerprint density at radius 1 is 1.32 bits per heavy atom. The van der Waals surface area contributed by atoms with E-state index in [2.05, 4.69) is 10.3 Å². The summed E-state index contributed by atoms with van der Waals surface area (Å²) in [5.41, 5.74) is 5.66. The summed E-state index contributed by atoms with van der Waals surface area (Å²) >= 11 is 5.72. The molecule has 0 aromatic carbocycles. The zero-order chi connectivity index (χ0) is 13.8. The Morgan fingerprint density at radius 2 is 2.05 bits per heavy atom. The van der Waals surface area contributed by atoms with Crippen LogP contribution in [0.1, 0.15) is 36.2 Å². The van der Waals surface area contributed by atoms with Gasteiger partial charge in [-0.25, -0.2) is 4.98 Å². The summed E-state index contributed by atoms with van der Waals surface area (Å²) in [6, 6.07) is 2.96. The lowest BCUT2D eigenvalue weighted by Gasteiger charge is -2.29. The summed E-state index contributed by atoms with van der Waals surface area (Å²) in [6.45, 7) is 0. The minimum Gasteiger partial charge on any atom is -0.369 e. The van der Waals surface area contributed by atoms with Crippen LogP contribution < -0.4 is 11.1 Å². The minimum atomic E-state index is -0.353. The Balaban J connectivity index is 2.04. The third-order valence-electron chi connectivity index (χ3n) is 3.41. The van der Waals surface area contributed by atoms with Gasteiger partial charge in [0.1, 0.15) is 5.69 Å². The highest BCUT2D eigenvalue weighted by Crippen LogP contribution is 2.24. The summed E-state index contributed by atoms with van der Waals surface area (Å²) in [4.78, 5) is 27.3. The number of primary amides is 1. The Bertz CT molecular complexity index is 475. The van der Waals surface area contributed by atoms with Gasteiger partial charge in [0.25, 0.3) is 5.91 Å². The van der Waals surface area contributed by atoms with Crippen LogP contribution in [0.25, 0.3) is 0 Å². The summed E-state index contributed by atoms with van der Waals surface area (Å²) in [7, 11) is 0. The average molecular weight is 282 g/mol. The van der Waals surface area contributed by atoms with Crippen molar-refractivity contribution in [1.29, 1.82) is 0 Å². The molecule has 102 valence electrons. The molecular weight excluding hydrogens is 266 g/mol. The van der Waals surface area contributed by atoms with Crippen LogP contribution in [0.3, 0.4) is 0 Å². The first kappa shape index (κ1) is 13.8. The van der Waals surface area contributed by atoms with Crippen LogP contribution in [0, 0.1) is 5.92 Å². The van der Waals surface area contributed by atoms with E-state index < -0.39 is 0 Å². The van der Waals surface area contributed by atoms with Gasteiger partial charge in [0, 0.05) is 12.2 Å². The van der Waals surface area contributed by atoms with Crippen molar-refractivity contribution in [1.82, 2.24) is 10.3 Å². The van der Waals surface area contributed by atoms with E-state index in [1.165, 1.54) is 6.20 Å². The van der Waals surface area contributed by atoms with Crippen molar-refractivity contribution in [3.8, 4) is 0 Å². The molecule has 0 radical (unpaired) electrons. The van der Waals surface area contributed by atoms with Crippen LogP contribution in [-0.2, 0) is 4.79 Å². The molecule has 1 heterocycles. The van der Waals surface area contributed by atoms with Gasteiger partial charge in [-0.05, 0) is 25.0 Å². The van der Waals surface area contributed by atoms with Gasteiger partial charge >= 0.3 is 0 Å². The molecule has 5 nitrogen and oxygen atoms in total. The molecule has 1 aromatic heterocycles. The molecule has 1 saturated carbocycles. The number of carbonyl (C=O) groups excluding carboxylic acids is 2. The van der Waals surface area contributed by atoms with Crippen molar-refractivity contribution in [3.63, 3.8) is 0 Å². The minimum absolute atomic E-state index is 0.198. The second-order valence-corrected chi connectivity index (χ2v) is 5.17. The molecule has 2 amide bonds. The predicted molar refractivity (Wildman–Crippen MR) is 71.7 cm³/mol. The average Bonchev–Trinajstić information content (AvgIpc) is 2.39. The van der Waals surface area contributed by atoms with E-state index in [9.17, 15) is 9.59 Å². The number of nitrogens with one attached hydrogen (secondary N) is 1. The van der Waals surface area contributed by atoms with Crippen LogP contribution in [0.4, 0.5) is 0 Å². The Morgan fingerprint density at radius 3 is 2.68 bits per heavy atom. The van der Waals surface area contributed by atoms with Gasteiger partial charge in [0.15, 0.2) is 0 Å². The van der Waals surface area contributed by atoms with E-state index in [1.54, 1.807) is 12.1 Å². The van der Waals surface area contributed by atoms with Gasteiger partial charge in [0.2, 0.25) is 5.91 Å². The van der Waals surface area contributed by atoms with Crippen molar-refractivity contribution in [3.05, 3.63) is 29.0 Å². The predicted octanol–water partition coefficient (Wildman–Crippen LogP) is 1.51. The highest BCUT2D eigenvalue weighted by Gasteiger charge is 2.30. The first-order chi connectivity index (χ1) is 9.08. The molecule has 0 saturated heterocycles. The van der Waals surface area contributed by atoms with Crippen molar-refractivity contribution in [2.24, 2.45) is 11.7 Å². The molecule has 0 bridgehead atoms. The van der Waals surface area contributed by atoms with Gasteiger partial charge in [-0.3, -0.25) is 9.59 Å². The molecule has 0 unspecified atom stereocenters. The SMILES string of the molecule is NC(=O)[C@H]1CCCC[C@H]1NC(=O)c1ccc(Cl)cn1. The highest BCUT2D eigenvalue weighted by molar-refractivity contribution is 6.30. The molecule has 0 aliphatic heterocycles. The summed E-state index contributed by atoms with van der Waals surface area (Å²) in [6.07, 6.45) is 4.88. The zero-order valence-corrected chi connectivity index (χ0v) is 11.2. The molecule has 3 N–H and O–H groups in total. The topological polar surface area (TPSA) is 85.1 Å². The number of halogens is 1. The third kappa shape index (κ3) is 3.44. The van der Waals surface area contributed by atoms with E-state index >= 15 is 0 Å². The first-order valence-electron chi connectivity index (χ1n) is 6.29. The Hall–Kier alpha value is -1.62. The Kier molecular flexibility index (Phi) is 4.37. The number of nitrogens with two attached hydrogens (primary N) is 1. The maximum atomic E-state index is 12.0. The van der Waals surface area contributed by atoms with Crippen molar-refractivity contribution in [2.45, 2.75) is 31.7 Å². The normalized spacial score (nSPS) is 22.8. The second-order valence-electron chi connectivity index (χ2n) is 4.73. The fourth-order valence-corrected chi connectivity index (χ4v) is 2.51. The number of nitrogens with zero attached hydrogens (tertiary/aromatic N) is 1. The van der Waals surface area contributed by atoms with Crippen molar-refractivity contribution < 1.29 is 9.59 Å². The first-order valence-corrected chi connectivity index (χ1v) is 6.67. The standard InChI is InChI=1S/C13H16ClN3O2/c14-8-5-6-11(16-7-8)13(19)17-10-4-2-1-3-9(10)12(15)18/h5-7,9-10H,1-4H2,(H2,15,18)(H,17,19)/t9-,10+/m0/s1. The second kappa shape index (κ2) is 6.02. The van der Waals surface area contributed by atoms with Crippen LogP contribution in [0.2, 0.25) is 5.02 Å². The summed E-state index contributed by atoms with van der Waals surface area (Å²) in [5, 5.41) is 3.32. The summed E-state index contributed by atoms with van der Waals surface area (Å²) in [5.74, 6) is -0.936. The number of amides is 2. The molecule has 6 heteroatoms. The number of pyridine rings is 1. The third-order valence-corrected chi connectivity index (χ3v) is 3.63. The van der Waals surface area contributed by atoms with Gasteiger partial charge in [-0.1, -0.05) is 24.4 Å². The van der Waals surface area contributed by atoms with E-state index in [-0.39, 0.29) is 29.5 Å². The highest BCUT2D eigenvalue weighted by atomic mass is 35.5. The molecular formula is C13H16ClN3O2. The maximum Gasteiger partial charge on any atom is 0.270 e. The largest absolute Gasteiger partial charge is 0.369 e. The number of rotatable bonds is 3. The van der Waals surface area contributed by atoms with Crippen LogP contribution >= 0.6 is 11.6 Å². The number of carbonyl (C=O) groups is 2. The van der Waals surface area contributed by atoms with Crippen LogP contribution in [0.15, 0.2) is 18.3 Å². The van der Waals surface area contributed by atoms with Crippen LogP contribution in [0.5, 0.6) is 0 Å². The lowest BCUT2D eigenvalue weighted by Crippen LogP contribution is -2.47. The van der Waals surface area contributed by atoms with Crippen LogP contribution in [-0.4, -0.2) is 22.8 Å². The van der Waals surface area contributed by atoms with Crippen molar-refractivity contribution in [2.75, 3.05) is 0 Å². The smallest absolute Gasteiger partial charge is 0.270 e. The monoisotopic (exact) mass is 281 g/mol. The quantitative estimate of drug-likeness (QED) is 0.881. The molecule has 0 spiro atoms. The maximum absolute atomic E-state index is 12.0. The zero-order valence-electron chi connectivity index (χ0n) is 10.4. The Labute approximate surface area is 116 Å². The summed E-state index contributed by atoms with van der Waals surface area (Å²) < 4.78 is 0. The lowest BCUT2D eigenvalue weighted by atomic mass is 9.84. The van der Waals surface area contributed by atoms with E-state index in [1.807, 2.05) is 0 Å². The number of aromatic nitrogens is 1. The van der Waals surface area contributed by atoms with Gasteiger partial charge in [-0.2, -0.15) is 0 Å². The fraction of sp³-hybridized carbons (Fsp3) is 0.462. The van der Waals surface area contributed by atoms with Gasteiger partial charge < -0.3 is 11.1 Å². The molecule has 1 fully saturated rings. The van der Waals surface area contributed by atoms with Crippen molar-refractivity contribution >= 4 is 23.4 Å². The molecule has 1 aliphatic rings. The molecule has 2 rings (SSSR count). The fourth-order valence-electron chi connectivity index (χ4n) is 2.40. The van der Waals surface area contributed by atoms with Gasteiger partial charge in [0.05, 0.1) is 10.9 Å². The molecule has 1 aromatic rings.